The maximum absolute atomic E-state index is 13.6. The number of nitrogens with zero attached hydrogens (tertiary/aromatic N) is 2. The molecule has 4 aromatic rings. The second-order valence-electron chi connectivity index (χ2n) is 6.16. The highest BCUT2D eigenvalue weighted by molar-refractivity contribution is 5.79. The van der Waals surface area contributed by atoms with Crippen LogP contribution in [-0.2, 0) is 13.0 Å². The highest BCUT2D eigenvalue weighted by Crippen LogP contribution is 2.19. The number of benzene rings is 3. The van der Waals surface area contributed by atoms with Crippen molar-refractivity contribution < 1.29 is 4.39 Å². The first-order chi connectivity index (χ1) is 12.7. The molecule has 0 aliphatic rings. The van der Waals surface area contributed by atoms with Crippen molar-refractivity contribution in [1.29, 1.82) is 0 Å². The van der Waals surface area contributed by atoms with Gasteiger partial charge in [-0.25, -0.2) is 9.37 Å². The van der Waals surface area contributed by atoms with Crippen LogP contribution in [0, 0.1) is 5.82 Å². The molecule has 0 aliphatic heterocycles. The topological polar surface area (TPSA) is 34.9 Å². The fourth-order valence-corrected chi connectivity index (χ4v) is 3.09. The van der Waals surface area contributed by atoms with Gasteiger partial charge in [0.25, 0.3) is 5.56 Å². The van der Waals surface area contributed by atoms with E-state index in [1.54, 1.807) is 10.6 Å². The molecular weight excluding hydrogens is 327 g/mol. The molecule has 1 heterocycles. The zero-order chi connectivity index (χ0) is 17.9. The highest BCUT2D eigenvalue weighted by Gasteiger charge is 2.13. The lowest BCUT2D eigenvalue weighted by atomic mass is 10.1. The lowest BCUT2D eigenvalue weighted by Gasteiger charge is -2.14. The Balaban J connectivity index is 1.87. The first kappa shape index (κ1) is 16.2. The first-order valence-corrected chi connectivity index (χ1v) is 8.52. The first-order valence-electron chi connectivity index (χ1n) is 8.52. The Morgan fingerprint density at radius 3 is 2.31 bits per heavy atom. The summed E-state index contributed by atoms with van der Waals surface area (Å²) in [7, 11) is 0. The number of fused-ring (bicyclic) bond motifs is 1. The van der Waals surface area contributed by atoms with E-state index in [-0.39, 0.29) is 5.56 Å². The molecule has 0 spiro atoms. The Kier molecular flexibility index (Phi) is 4.32. The van der Waals surface area contributed by atoms with E-state index >= 15 is 0 Å². The standard InChI is InChI=1S/C22H17FN2O/c23-18-11-12-20-19(15-18)22(26)25(14-13-16-7-3-1-4-8-16)21(24-20)17-9-5-2-6-10-17/h1-12,15H,13-14H2. The smallest absolute Gasteiger partial charge is 0.261 e. The Labute approximate surface area is 150 Å². The summed E-state index contributed by atoms with van der Waals surface area (Å²) in [6.07, 6.45) is 0.698. The molecule has 1 aromatic heterocycles. The molecule has 0 saturated carbocycles. The van der Waals surface area contributed by atoms with Crippen molar-refractivity contribution in [2.45, 2.75) is 13.0 Å². The molecule has 26 heavy (non-hydrogen) atoms. The lowest BCUT2D eigenvalue weighted by Crippen LogP contribution is -2.24. The summed E-state index contributed by atoms with van der Waals surface area (Å²) in [5.41, 5.74) is 2.29. The molecule has 3 aromatic carbocycles. The lowest BCUT2D eigenvalue weighted by molar-refractivity contribution is 0.628. The number of hydrogen-bond acceptors (Lipinski definition) is 2. The van der Waals surface area contributed by atoms with Crippen LogP contribution in [0.25, 0.3) is 22.3 Å². The third kappa shape index (κ3) is 3.14. The van der Waals surface area contributed by atoms with Crippen molar-refractivity contribution in [1.82, 2.24) is 9.55 Å². The number of aromatic nitrogens is 2. The van der Waals surface area contributed by atoms with Crippen LogP contribution in [0.3, 0.4) is 0 Å². The van der Waals surface area contributed by atoms with E-state index < -0.39 is 5.82 Å². The predicted molar refractivity (Wildman–Crippen MR) is 102 cm³/mol. The fraction of sp³-hybridized carbons (Fsp3) is 0.0909. The van der Waals surface area contributed by atoms with Crippen molar-refractivity contribution in [3.63, 3.8) is 0 Å². The molecule has 0 saturated heterocycles. The Bertz CT molecular complexity index is 1110. The van der Waals surface area contributed by atoms with Crippen molar-refractivity contribution in [2.24, 2.45) is 0 Å². The molecule has 4 heteroatoms. The fourth-order valence-electron chi connectivity index (χ4n) is 3.09. The zero-order valence-corrected chi connectivity index (χ0v) is 14.1. The molecule has 0 N–H and O–H groups in total. The molecular formula is C22H17FN2O. The molecule has 0 radical (unpaired) electrons. The van der Waals surface area contributed by atoms with Gasteiger partial charge in [-0.1, -0.05) is 60.7 Å². The van der Waals surface area contributed by atoms with E-state index in [9.17, 15) is 9.18 Å². The second kappa shape index (κ2) is 6.92. The van der Waals surface area contributed by atoms with E-state index in [1.807, 2.05) is 60.7 Å². The van der Waals surface area contributed by atoms with Gasteiger partial charge >= 0.3 is 0 Å². The Hall–Kier alpha value is -3.27. The van der Waals surface area contributed by atoms with E-state index in [4.69, 9.17) is 0 Å². The van der Waals surface area contributed by atoms with Gasteiger partial charge in [0, 0.05) is 12.1 Å². The molecule has 0 fully saturated rings. The van der Waals surface area contributed by atoms with Gasteiger partial charge in [0.15, 0.2) is 0 Å². The summed E-state index contributed by atoms with van der Waals surface area (Å²) < 4.78 is 15.3. The van der Waals surface area contributed by atoms with Crippen LogP contribution < -0.4 is 5.56 Å². The molecule has 4 rings (SSSR count). The van der Waals surface area contributed by atoms with Gasteiger partial charge in [-0.2, -0.15) is 0 Å². The van der Waals surface area contributed by atoms with E-state index in [0.29, 0.717) is 29.7 Å². The maximum Gasteiger partial charge on any atom is 0.261 e. The minimum absolute atomic E-state index is 0.218. The third-order valence-corrected chi connectivity index (χ3v) is 4.42. The van der Waals surface area contributed by atoms with E-state index in [2.05, 4.69) is 4.98 Å². The second-order valence-corrected chi connectivity index (χ2v) is 6.16. The van der Waals surface area contributed by atoms with Gasteiger partial charge in [-0.05, 0) is 30.2 Å². The molecule has 0 atom stereocenters. The summed E-state index contributed by atoms with van der Waals surface area (Å²) in [5.74, 6) is 0.170. The molecule has 3 nitrogen and oxygen atoms in total. The normalized spacial score (nSPS) is 11.0. The van der Waals surface area contributed by atoms with Crippen LogP contribution in [-0.4, -0.2) is 9.55 Å². The minimum Gasteiger partial charge on any atom is -0.292 e. The highest BCUT2D eigenvalue weighted by atomic mass is 19.1. The number of halogens is 1. The van der Waals surface area contributed by atoms with Crippen LogP contribution in [0.5, 0.6) is 0 Å². The van der Waals surface area contributed by atoms with E-state index in [1.165, 1.54) is 12.1 Å². The Morgan fingerprint density at radius 2 is 1.58 bits per heavy atom. The predicted octanol–water partition coefficient (Wildman–Crippen LogP) is 4.45. The van der Waals surface area contributed by atoms with Crippen molar-refractivity contribution in [3.05, 3.63) is 101 Å². The van der Waals surface area contributed by atoms with Gasteiger partial charge in [0.1, 0.15) is 11.6 Å². The summed E-state index contributed by atoms with van der Waals surface area (Å²) in [4.78, 5) is 17.7. The maximum atomic E-state index is 13.6. The van der Waals surface area contributed by atoms with Gasteiger partial charge in [-0.15, -0.1) is 0 Å². The monoisotopic (exact) mass is 344 g/mol. The molecule has 0 amide bonds. The SMILES string of the molecule is O=c1c2cc(F)ccc2nc(-c2ccccc2)n1CCc1ccccc1. The largest absolute Gasteiger partial charge is 0.292 e. The average Bonchev–Trinajstić information content (AvgIpc) is 2.69. The summed E-state index contributed by atoms with van der Waals surface area (Å²) in [6.45, 7) is 0.479. The van der Waals surface area contributed by atoms with Gasteiger partial charge in [0.2, 0.25) is 0 Å². The van der Waals surface area contributed by atoms with E-state index in [0.717, 1.165) is 11.1 Å². The van der Waals surface area contributed by atoms with Crippen LogP contribution in [0.2, 0.25) is 0 Å². The van der Waals surface area contributed by atoms with Gasteiger partial charge < -0.3 is 0 Å². The molecule has 128 valence electrons. The summed E-state index contributed by atoms with van der Waals surface area (Å²) in [5, 5.41) is 0.303. The summed E-state index contributed by atoms with van der Waals surface area (Å²) in [6, 6.07) is 23.7. The van der Waals surface area contributed by atoms with Crippen LogP contribution >= 0.6 is 0 Å². The molecule has 0 bridgehead atoms. The quantitative estimate of drug-likeness (QED) is 0.548. The van der Waals surface area contributed by atoms with Crippen molar-refractivity contribution in [2.75, 3.05) is 0 Å². The Morgan fingerprint density at radius 1 is 0.885 bits per heavy atom. The summed E-state index contributed by atoms with van der Waals surface area (Å²) >= 11 is 0. The number of rotatable bonds is 4. The molecule has 0 unspecified atom stereocenters. The minimum atomic E-state index is -0.432. The van der Waals surface area contributed by atoms with Gasteiger partial charge in [-0.3, -0.25) is 9.36 Å². The van der Waals surface area contributed by atoms with Gasteiger partial charge in [0.05, 0.1) is 10.9 Å². The number of hydrogen-bond donors (Lipinski definition) is 0. The van der Waals surface area contributed by atoms with Crippen LogP contribution in [0.1, 0.15) is 5.56 Å². The van der Waals surface area contributed by atoms with Crippen LogP contribution in [0.4, 0.5) is 4.39 Å². The van der Waals surface area contributed by atoms with Crippen LogP contribution in [0.15, 0.2) is 83.7 Å². The zero-order valence-electron chi connectivity index (χ0n) is 14.1. The van der Waals surface area contributed by atoms with Crippen molar-refractivity contribution in [3.8, 4) is 11.4 Å². The molecule has 0 aliphatic carbocycles. The third-order valence-electron chi connectivity index (χ3n) is 4.42. The number of aryl methyl sites for hydroxylation is 1. The average molecular weight is 344 g/mol. The van der Waals surface area contributed by atoms with Crippen molar-refractivity contribution >= 4 is 10.9 Å².